The van der Waals surface area contributed by atoms with E-state index in [1.165, 1.54) is 6.92 Å². The Morgan fingerprint density at radius 3 is 2.25 bits per heavy atom. The number of aliphatic hydroxyl groups excluding tert-OH is 4. The first-order chi connectivity index (χ1) is 10.9. The van der Waals surface area contributed by atoms with Crippen LogP contribution < -0.4 is 5.32 Å². The summed E-state index contributed by atoms with van der Waals surface area (Å²) in [6, 6.07) is -1.03. The SMILES string of the molecule is C[C@@H](NC(=O)OC(C)(C)C)C(=O)OC[C@@H]1O[C@H](O)[C@H](O)[C@@H](O)[C@H]1O. The Morgan fingerprint density at radius 2 is 1.71 bits per heavy atom. The minimum absolute atomic E-state index is 0.485. The average molecular weight is 351 g/mol. The lowest BCUT2D eigenvalue weighted by Gasteiger charge is -2.38. The molecule has 0 aromatic rings. The third-order valence-corrected chi connectivity index (χ3v) is 3.16. The van der Waals surface area contributed by atoms with Crippen LogP contribution in [0.4, 0.5) is 4.79 Å². The lowest BCUT2D eigenvalue weighted by molar-refractivity contribution is -0.287. The van der Waals surface area contributed by atoms with Crippen molar-refractivity contribution in [1.82, 2.24) is 5.32 Å². The minimum atomic E-state index is -1.72. The van der Waals surface area contributed by atoms with Gasteiger partial charge in [-0.3, -0.25) is 0 Å². The van der Waals surface area contributed by atoms with E-state index in [1.807, 2.05) is 0 Å². The molecule has 1 aliphatic rings. The predicted molar refractivity (Wildman–Crippen MR) is 78.7 cm³/mol. The summed E-state index contributed by atoms with van der Waals surface area (Å²) in [5.41, 5.74) is -0.721. The molecule has 140 valence electrons. The molecule has 5 N–H and O–H groups in total. The van der Waals surface area contributed by atoms with Crippen molar-refractivity contribution in [3.05, 3.63) is 0 Å². The summed E-state index contributed by atoms with van der Waals surface area (Å²) in [6.45, 7) is 5.90. The van der Waals surface area contributed by atoms with Crippen molar-refractivity contribution in [2.45, 2.75) is 70.0 Å². The van der Waals surface area contributed by atoms with Gasteiger partial charge in [0.25, 0.3) is 0 Å². The van der Waals surface area contributed by atoms with E-state index in [1.54, 1.807) is 20.8 Å². The first-order valence-corrected chi connectivity index (χ1v) is 7.46. The maximum absolute atomic E-state index is 11.8. The molecule has 0 unspecified atom stereocenters. The van der Waals surface area contributed by atoms with Crippen LogP contribution in [0.5, 0.6) is 0 Å². The van der Waals surface area contributed by atoms with Crippen LogP contribution in [0.3, 0.4) is 0 Å². The Hall–Kier alpha value is -1.46. The molecule has 10 heteroatoms. The fourth-order valence-corrected chi connectivity index (χ4v) is 1.90. The summed E-state index contributed by atoms with van der Waals surface area (Å²) < 4.78 is 14.7. The molecule has 1 amide bonds. The van der Waals surface area contributed by atoms with Gasteiger partial charge in [0.1, 0.15) is 42.7 Å². The molecule has 0 spiro atoms. The molecular weight excluding hydrogens is 326 g/mol. The number of rotatable bonds is 4. The van der Waals surface area contributed by atoms with Gasteiger partial charge < -0.3 is 40.0 Å². The van der Waals surface area contributed by atoms with E-state index < -0.39 is 61.0 Å². The van der Waals surface area contributed by atoms with Gasteiger partial charge in [-0.2, -0.15) is 0 Å². The number of alkyl carbamates (subject to hydrolysis) is 1. The molecule has 0 saturated carbocycles. The Balaban J connectivity index is 2.46. The van der Waals surface area contributed by atoms with Crippen LogP contribution in [-0.2, 0) is 19.0 Å². The van der Waals surface area contributed by atoms with Gasteiger partial charge in [0.15, 0.2) is 6.29 Å². The van der Waals surface area contributed by atoms with E-state index in [0.29, 0.717) is 0 Å². The fourth-order valence-electron chi connectivity index (χ4n) is 1.90. The van der Waals surface area contributed by atoms with Gasteiger partial charge in [-0.15, -0.1) is 0 Å². The smallest absolute Gasteiger partial charge is 0.408 e. The molecular formula is C14H25NO9. The highest BCUT2D eigenvalue weighted by atomic mass is 16.7. The minimum Gasteiger partial charge on any atom is -0.461 e. The number of carbonyl (C=O) groups excluding carboxylic acids is 2. The maximum Gasteiger partial charge on any atom is 0.408 e. The number of esters is 1. The van der Waals surface area contributed by atoms with Crippen molar-refractivity contribution in [2.75, 3.05) is 6.61 Å². The molecule has 0 aliphatic carbocycles. The van der Waals surface area contributed by atoms with Crippen LogP contribution in [-0.4, -0.2) is 81.4 Å². The summed E-state index contributed by atoms with van der Waals surface area (Å²) in [4.78, 5) is 23.4. The number of hydrogen-bond donors (Lipinski definition) is 5. The third kappa shape index (κ3) is 5.87. The molecule has 1 aliphatic heterocycles. The van der Waals surface area contributed by atoms with Crippen LogP contribution in [0.15, 0.2) is 0 Å². The van der Waals surface area contributed by atoms with Crippen molar-refractivity contribution in [3.8, 4) is 0 Å². The summed E-state index contributed by atoms with van der Waals surface area (Å²) in [5.74, 6) is -0.827. The molecule has 0 aromatic heterocycles. The number of amides is 1. The van der Waals surface area contributed by atoms with Gasteiger partial charge in [-0.05, 0) is 27.7 Å². The molecule has 1 heterocycles. The summed E-state index contributed by atoms with van der Waals surface area (Å²) in [7, 11) is 0. The third-order valence-electron chi connectivity index (χ3n) is 3.16. The molecule has 1 fully saturated rings. The van der Waals surface area contributed by atoms with Crippen molar-refractivity contribution in [1.29, 1.82) is 0 Å². The molecule has 1 rings (SSSR count). The van der Waals surface area contributed by atoms with E-state index in [2.05, 4.69) is 5.32 Å². The standard InChI is InChI=1S/C14H25NO9/c1-6(15-13(21)24-14(2,3)4)11(19)22-5-7-8(16)9(17)10(18)12(20)23-7/h6-10,12,16-18,20H,5H2,1-4H3,(H,15,21)/t6-,7+,8+,9+,10-,12+/m1/s1. The second-order valence-corrected chi connectivity index (χ2v) is 6.53. The molecule has 10 nitrogen and oxygen atoms in total. The summed E-state index contributed by atoms with van der Waals surface area (Å²) in [6.07, 6.45) is -8.60. The Labute approximate surface area is 139 Å². The Kier molecular flexibility index (Phi) is 6.93. The fraction of sp³-hybridized carbons (Fsp3) is 0.857. The van der Waals surface area contributed by atoms with E-state index in [4.69, 9.17) is 14.2 Å². The van der Waals surface area contributed by atoms with Gasteiger partial charge in [-0.25, -0.2) is 9.59 Å². The normalized spacial score (nSPS) is 31.9. The zero-order chi connectivity index (χ0) is 18.7. The van der Waals surface area contributed by atoms with Crippen molar-refractivity contribution in [2.24, 2.45) is 0 Å². The largest absolute Gasteiger partial charge is 0.461 e. The lowest BCUT2D eigenvalue weighted by atomic mass is 9.99. The summed E-state index contributed by atoms with van der Waals surface area (Å²) in [5, 5.41) is 40.3. The average Bonchev–Trinajstić information content (AvgIpc) is 2.44. The first-order valence-electron chi connectivity index (χ1n) is 7.46. The highest BCUT2D eigenvalue weighted by Crippen LogP contribution is 2.20. The van der Waals surface area contributed by atoms with Crippen LogP contribution in [0.25, 0.3) is 0 Å². The zero-order valence-corrected chi connectivity index (χ0v) is 14.0. The van der Waals surface area contributed by atoms with Crippen molar-refractivity contribution in [3.63, 3.8) is 0 Å². The summed E-state index contributed by atoms with van der Waals surface area (Å²) >= 11 is 0. The van der Waals surface area contributed by atoms with Crippen molar-refractivity contribution < 1.29 is 44.2 Å². The molecule has 24 heavy (non-hydrogen) atoms. The van der Waals surface area contributed by atoms with E-state index in [9.17, 15) is 30.0 Å². The van der Waals surface area contributed by atoms with Gasteiger partial charge in [0.05, 0.1) is 0 Å². The Morgan fingerprint density at radius 1 is 1.12 bits per heavy atom. The van der Waals surface area contributed by atoms with Crippen LogP contribution in [0.2, 0.25) is 0 Å². The number of ether oxygens (including phenoxy) is 3. The number of carbonyl (C=O) groups is 2. The van der Waals surface area contributed by atoms with Crippen molar-refractivity contribution >= 4 is 12.1 Å². The molecule has 0 radical (unpaired) electrons. The maximum atomic E-state index is 11.8. The van der Waals surface area contributed by atoms with Crippen LogP contribution in [0.1, 0.15) is 27.7 Å². The second-order valence-electron chi connectivity index (χ2n) is 6.53. The van der Waals surface area contributed by atoms with Gasteiger partial charge >= 0.3 is 12.1 Å². The number of hydrogen-bond acceptors (Lipinski definition) is 9. The molecule has 0 bridgehead atoms. The van der Waals surface area contributed by atoms with E-state index in [-0.39, 0.29) is 0 Å². The molecule has 1 saturated heterocycles. The molecule has 6 atom stereocenters. The number of aliphatic hydroxyl groups is 4. The highest BCUT2D eigenvalue weighted by molar-refractivity contribution is 5.81. The quantitative estimate of drug-likeness (QED) is 0.370. The van der Waals surface area contributed by atoms with Gasteiger partial charge in [0.2, 0.25) is 0 Å². The number of nitrogens with one attached hydrogen (secondary N) is 1. The van der Waals surface area contributed by atoms with Crippen LogP contribution >= 0.6 is 0 Å². The topological polar surface area (TPSA) is 155 Å². The van der Waals surface area contributed by atoms with E-state index >= 15 is 0 Å². The predicted octanol–water partition coefficient (Wildman–Crippen LogP) is -1.76. The monoisotopic (exact) mass is 351 g/mol. The Bertz CT molecular complexity index is 450. The lowest BCUT2D eigenvalue weighted by Crippen LogP contribution is -2.58. The second kappa shape index (κ2) is 8.08. The van der Waals surface area contributed by atoms with Crippen LogP contribution in [0, 0.1) is 0 Å². The first kappa shape index (κ1) is 20.6. The van der Waals surface area contributed by atoms with Gasteiger partial charge in [-0.1, -0.05) is 0 Å². The molecule has 0 aromatic carbocycles. The zero-order valence-electron chi connectivity index (χ0n) is 14.0. The van der Waals surface area contributed by atoms with E-state index in [0.717, 1.165) is 0 Å². The highest BCUT2D eigenvalue weighted by Gasteiger charge is 2.43. The van der Waals surface area contributed by atoms with Gasteiger partial charge in [0, 0.05) is 0 Å².